The molecule has 3 rings (SSSR count). The van der Waals surface area contributed by atoms with Crippen molar-refractivity contribution in [1.82, 2.24) is 4.90 Å². The highest BCUT2D eigenvalue weighted by atomic mass is 35.5. The second kappa shape index (κ2) is 4.89. The number of piperidine rings is 1. The summed E-state index contributed by atoms with van der Waals surface area (Å²) in [7, 11) is 0. The number of hydrogen-bond donors (Lipinski definition) is 0. The first-order chi connectivity index (χ1) is 9.82. The lowest BCUT2D eigenvalue weighted by Gasteiger charge is -2.31. The SMILES string of the molecule is CC(C)(C)OC(=O)N1CC[C@]2(c3ccccc3Cl)O[C@H]2C1. The molecular weight excluding hydrogens is 290 g/mol. The Kier molecular flexibility index (Phi) is 3.41. The summed E-state index contributed by atoms with van der Waals surface area (Å²) in [6, 6.07) is 7.76. The normalized spacial score (nSPS) is 28.0. The van der Waals surface area contributed by atoms with Crippen molar-refractivity contribution >= 4 is 17.7 Å². The van der Waals surface area contributed by atoms with E-state index in [2.05, 4.69) is 0 Å². The number of hydrogen-bond acceptors (Lipinski definition) is 3. The number of nitrogens with zero attached hydrogens (tertiary/aromatic N) is 1. The van der Waals surface area contributed by atoms with Crippen molar-refractivity contribution in [3.05, 3.63) is 34.9 Å². The van der Waals surface area contributed by atoms with Crippen LogP contribution < -0.4 is 0 Å². The van der Waals surface area contributed by atoms with Gasteiger partial charge in [0, 0.05) is 23.6 Å². The molecule has 5 heteroatoms. The molecule has 2 aliphatic rings. The summed E-state index contributed by atoms with van der Waals surface area (Å²) >= 11 is 6.27. The molecule has 2 saturated heterocycles. The Bertz CT molecular complexity index is 569. The molecule has 114 valence electrons. The van der Waals surface area contributed by atoms with E-state index in [0.29, 0.717) is 13.1 Å². The Morgan fingerprint density at radius 3 is 2.76 bits per heavy atom. The lowest BCUT2D eigenvalue weighted by Crippen LogP contribution is -2.44. The zero-order valence-corrected chi connectivity index (χ0v) is 13.3. The molecule has 2 heterocycles. The first kappa shape index (κ1) is 14.7. The average Bonchev–Trinajstić information content (AvgIpc) is 3.11. The molecule has 21 heavy (non-hydrogen) atoms. The van der Waals surface area contributed by atoms with Crippen molar-refractivity contribution in [3.8, 4) is 0 Å². The third-order valence-corrected chi connectivity index (χ3v) is 4.27. The zero-order chi connectivity index (χ0) is 15.3. The highest BCUT2D eigenvalue weighted by molar-refractivity contribution is 6.31. The third-order valence-electron chi connectivity index (χ3n) is 3.94. The van der Waals surface area contributed by atoms with Gasteiger partial charge in [0.15, 0.2) is 0 Å². The van der Waals surface area contributed by atoms with E-state index in [-0.39, 0.29) is 17.8 Å². The van der Waals surface area contributed by atoms with Crippen LogP contribution >= 0.6 is 11.6 Å². The molecule has 1 aromatic rings. The van der Waals surface area contributed by atoms with E-state index in [1.54, 1.807) is 4.90 Å². The monoisotopic (exact) mass is 309 g/mol. The van der Waals surface area contributed by atoms with E-state index in [4.69, 9.17) is 21.1 Å². The van der Waals surface area contributed by atoms with Gasteiger partial charge in [-0.2, -0.15) is 0 Å². The minimum atomic E-state index is -0.473. The van der Waals surface area contributed by atoms with Gasteiger partial charge in [0.1, 0.15) is 17.3 Å². The van der Waals surface area contributed by atoms with E-state index in [0.717, 1.165) is 17.0 Å². The van der Waals surface area contributed by atoms with Gasteiger partial charge in [-0.15, -0.1) is 0 Å². The van der Waals surface area contributed by atoms with Gasteiger partial charge in [-0.05, 0) is 26.8 Å². The Balaban J connectivity index is 1.69. The van der Waals surface area contributed by atoms with Crippen LogP contribution in [0, 0.1) is 0 Å². The first-order valence-corrected chi connectivity index (χ1v) is 7.60. The number of ether oxygens (including phenoxy) is 2. The first-order valence-electron chi connectivity index (χ1n) is 7.23. The number of carbonyl (C=O) groups excluding carboxylic acids is 1. The molecule has 4 nitrogen and oxygen atoms in total. The van der Waals surface area contributed by atoms with Crippen LogP contribution in [-0.2, 0) is 15.1 Å². The fourth-order valence-corrected chi connectivity index (χ4v) is 3.18. The number of carbonyl (C=O) groups is 1. The van der Waals surface area contributed by atoms with Crippen LogP contribution in [0.15, 0.2) is 24.3 Å². The summed E-state index contributed by atoms with van der Waals surface area (Å²) in [6.45, 7) is 6.79. The topological polar surface area (TPSA) is 42.1 Å². The Morgan fingerprint density at radius 2 is 2.14 bits per heavy atom. The summed E-state index contributed by atoms with van der Waals surface area (Å²) < 4.78 is 11.3. The molecule has 0 N–H and O–H groups in total. The molecule has 0 unspecified atom stereocenters. The molecule has 1 amide bonds. The van der Waals surface area contributed by atoms with Crippen LogP contribution in [0.3, 0.4) is 0 Å². The average molecular weight is 310 g/mol. The number of likely N-dealkylation sites (tertiary alicyclic amines) is 1. The fraction of sp³-hybridized carbons (Fsp3) is 0.562. The summed E-state index contributed by atoms with van der Waals surface area (Å²) in [5.74, 6) is 0. The van der Waals surface area contributed by atoms with Crippen molar-refractivity contribution in [2.24, 2.45) is 0 Å². The second-order valence-corrected chi connectivity index (χ2v) is 7.06. The minimum absolute atomic E-state index is 0.0127. The van der Waals surface area contributed by atoms with Crippen molar-refractivity contribution < 1.29 is 14.3 Å². The lowest BCUT2D eigenvalue weighted by molar-refractivity contribution is 0.0217. The van der Waals surface area contributed by atoms with Gasteiger partial charge < -0.3 is 14.4 Å². The molecule has 1 aromatic carbocycles. The van der Waals surface area contributed by atoms with E-state index in [1.165, 1.54) is 0 Å². The number of fused-ring (bicyclic) bond motifs is 1. The molecule has 0 spiro atoms. The predicted octanol–water partition coefficient (Wildman–Crippen LogP) is 3.57. The van der Waals surface area contributed by atoms with E-state index in [1.807, 2.05) is 45.0 Å². The van der Waals surface area contributed by atoms with Crippen LogP contribution in [0.4, 0.5) is 4.79 Å². The van der Waals surface area contributed by atoms with Gasteiger partial charge in [-0.3, -0.25) is 0 Å². The Morgan fingerprint density at radius 1 is 1.43 bits per heavy atom. The summed E-state index contributed by atoms with van der Waals surface area (Å²) in [4.78, 5) is 13.8. The highest BCUT2D eigenvalue weighted by Gasteiger charge is 2.61. The minimum Gasteiger partial charge on any atom is -0.444 e. The van der Waals surface area contributed by atoms with Gasteiger partial charge in [0.05, 0.1) is 6.54 Å². The maximum atomic E-state index is 12.1. The summed E-state index contributed by atoms with van der Waals surface area (Å²) in [5.41, 5.74) is 0.246. The van der Waals surface area contributed by atoms with Gasteiger partial charge in [0.25, 0.3) is 0 Å². The van der Waals surface area contributed by atoms with Crippen LogP contribution in [0.5, 0.6) is 0 Å². The van der Waals surface area contributed by atoms with Gasteiger partial charge in [-0.1, -0.05) is 29.8 Å². The number of rotatable bonds is 1. The predicted molar refractivity (Wildman–Crippen MR) is 80.4 cm³/mol. The second-order valence-electron chi connectivity index (χ2n) is 6.65. The van der Waals surface area contributed by atoms with Crippen molar-refractivity contribution in [2.75, 3.05) is 13.1 Å². The number of amides is 1. The molecule has 2 atom stereocenters. The van der Waals surface area contributed by atoms with Crippen LogP contribution in [-0.4, -0.2) is 35.8 Å². The quantitative estimate of drug-likeness (QED) is 0.745. The molecule has 2 aliphatic heterocycles. The maximum absolute atomic E-state index is 12.1. The highest BCUT2D eigenvalue weighted by Crippen LogP contribution is 2.53. The molecule has 0 bridgehead atoms. The number of benzene rings is 1. The van der Waals surface area contributed by atoms with Crippen molar-refractivity contribution in [1.29, 1.82) is 0 Å². The largest absolute Gasteiger partial charge is 0.444 e. The number of epoxide rings is 1. The van der Waals surface area contributed by atoms with Gasteiger partial charge in [-0.25, -0.2) is 4.79 Å². The maximum Gasteiger partial charge on any atom is 0.410 e. The van der Waals surface area contributed by atoms with Crippen molar-refractivity contribution in [2.45, 2.75) is 44.5 Å². The molecule has 0 aliphatic carbocycles. The third kappa shape index (κ3) is 2.74. The molecule has 0 saturated carbocycles. The summed E-state index contributed by atoms with van der Waals surface area (Å²) in [6.07, 6.45) is 0.491. The Hall–Kier alpha value is -1.26. The van der Waals surface area contributed by atoms with Crippen LogP contribution in [0.25, 0.3) is 0 Å². The van der Waals surface area contributed by atoms with Crippen molar-refractivity contribution in [3.63, 3.8) is 0 Å². The molecular formula is C16H20ClNO3. The number of halogens is 1. The van der Waals surface area contributed by atoms with E-state index < -0.39 is 5.60 Å². The van der Waals surface area contributed by atoms with Gasteiger partial charge >= 0.3 is 6.09 Å². The smallest absolute Gasteiger partial charge is 0.410 e. The molecule has 0 radical (unpaired) electrons. The zero-order valence-electron chi connectivity index (χ0n) is 12.6. The molecule has 0 aromatic heterocycles. The Labute approximate surface area is 130 Å². The molecule has 2 fully saturated rings. The standard InChI is InChI=1S/C16H20ClNO3/c1-15(2,3)21-14(19)18-9-8-16(13(10-18)20-16)11-6-4-5-7-12(11)17/h4-7,13H,8-10H2,1-3H3/t13-,16+/m0/s1. The van der Waals surface area contributed by atoms with Crippen LogP contribution in [0.2, 0.25) is 5.02 Å². The van der Waals surface area contributed by atoms with Crippen LogP contribution in [0.1, 0.15) is 32.8 Å². The summed E-state index contributed by atoms with van der Waals surface area (Å²) in [5, 5.41) is 0.728. The fourth-order valence-electron chi connectivity index (χ4n) is 2.89. The van der Waals surface area contributed by atoms with E-state index >= 15 is 0 Å². The van der Waals surface area contributed by atoms with Gasteiger partial charge in [0.2, 0.25) is 0 Å². The van der Waals surface area contributed by atoms with E-state index in [9.17, 15) is 4.79 Å². The lowest BCUT2D eigenvalue weighted by atomic mass is 9.89.